The first-order chi connectivity index (χ1) is 15.7. The zero-order chi connectivity index (χ0) is 22.3. The van der Waals surface area contributed by atoms with Gasteiger partial charge in [0, 0.05) is 12.6 Å². The van der Waals surface area contributed by atoms with Gasteiger partial charge in [-0.1, -0.05) is 30.3 Å². The van der Waals surface area contributed by atoms with E-state index in [0.717, 1.165) is 29.9 Å². The highest BCUT2D eigenvalue weighted by molar-refractivity contribution is 5.92. The van der Waals surface area contributed by atoms with Crippen LogP contribution in [0, 0.1) is 0 Å². The van der Waals surface area contributed by atoms with Gasteiger partial charge in [0.2, 0.25) is 0 Å². The van der Waals surface area contributed by atoms with Crippen LogP contribution in [-0.2, 0) is 6.54 Å². The first kappa shape index (κ1) is 21.6. The molecule has 7 nitrogen and oxygen atoms in total. The highest BCUT2D eigenvalue weighted by atomic mass is 16.5. The van der Waals surface area contributed by atoms with Crippen molar-refractivity contribution in [2.24, 2.45) is 0 Å². The van der Waals surface area contributed by atoms with Crippen LogP contribution in [0.4, 0.5) is 0 Å². The average molecular weight is 434 g/mol. The van der Waals surface area contributed by atoms with Crippen molar-refractivity contribution >= 4 is 5.91 Å². The first-order valence-electron chi connectivity index (χ1n) is 11.0. The Labute approximate surface area is 187 Å². The summed E-state index contributed by atoms with van der Waals surface area (Å²) in [6.07, 6.45) is 1.82. The van der Waals surface area contributed by atoms with E-state index in [1.54, 1.807) is 0 Å². The minimum Gasteiger partial charge on any atom is -0.494 e. The molecule has 7 heteroatoms. The molecule has 2 aromatic carbocycles. The van der Waals surface area contributed by atoms with Crippen LogP contribution in [0.5, 0.6) is 11.5 Å². The van der Waals surface area contributed by atoms with Gasteiger partial charge in [-0.15, -0.1) is 0 Å². The Morgan fingerprint density at radius 2 is 1.75 bits per heavy atom. The zero-order valence-electron chi connectivity index (χ0n) is 18.1. The third kappa shape index (κ3) is 4.99. The maximum Gasteiger partial charge on any atom is 0.274 e. The Morgan fingerprint density at radius 1 is 1.00 bits per heavy atom. The number of likely N-dealkylation sites (tertiary alicyclic amines) is 1. The molecule has 1 amide bonds. The predicted octanol–water partition coefficient (Wildman–Crippen LogP) is 3.70. The fraction of sp³-hybridized carbons (Fsp3) is 0.320. The molecule has 0 saturated carbocycles. The summed E-state index contributed by atoms with van der Waals surface area (Å²) in [7, 11) is 0. The van der Waals surface area contributed by atoms with Gasteiger partial charge in [0.1, 0.15) is 23.8 Å². The second-order valence-electron chi connectivity index (χ2n) is 7.60. The van der Waals surface area contributed by atoms with Crippen molar-refractivity contribution in [3.63, 3.8) is 0 Å². The van der Waals surface area contributed by atoms with Gasteiger partial charge in [-0.25, -0.2) is 4.68 Å². The molecule has 3 aromatic rings. The van der Waals surface area contributed by atoms with Gasteiger partial charge >= 0.3 is 0 Å². The molecule has 1 aliphatic heterocycles. The van der Waals surface area contributed by atoms with Crippen LogP contribution < -0.4 is 15.0 Å². The molecule has 1 aliphatic rings. The maximum atomic E-state index is 13.3. The minimum absolute atomic E-state index is 0.0123. The van der Waals surface area contributed by atoms with Crippen molar-refractivity contribution in [1.29, 1.82) is 0 Å². The third-order valence-corrected chi connectivity index (χ3v) is 5.49. The molecule has 1 aromatic heterocycles. The van der Waals surface area contributed by atoms with Crippen LogP contribution in [0.3, 0.4) is 0 Å². The van der Waals surface area contributed by atoms with Crippen LogP contribution in [0.15, 0.2) is 71.5 Å². The van der Waals surface area contributed by atoms with Crippen LogP contribution in [0.1, 0.15) is 41.9 Å². The Morgan fingerprint density at radius 3 is 2.50 bits per heavy atom. The molecular formula is C25H27N3O4. The molecule has 0 N–H and O–H groups in total. The normalized spacial score (nSPS) is 15.5. The number of carbonyl (C=O) groups excluding carboxylic acids is 1. The summed E-state index contributed by atoms with van der Waals surface area (Å²) in [5.41, 5.74) is 1.08. The van der Waals surface area contributed by atoms with E-state index in [1.165, 1.54) is 16.8 Å². The summed E-state index contributed by atoms with van der Waals surface area (Å²) in [6, 6.07) is 20.2. The highest BCUT2D eigenvalue weighted by Crippen LogP contribution is 2.33. The van der Waals surface area contributed by atoms with Crippen molar-refractivity contribution in [2.75, 3.05) is 19.8 Å². The van der Waals surface area contributed by atoms with Crippen molar-refractivity contribution < 1.29 is 14.3 Å². The maximum absolute atomic E-state index is 13.3. The van der Waals surface area contributed by atoms with E-state index in [4.69, 9.17) is 9.47 Å². The number of para-hydroxylation sites is 1. The number of hydrogen-bond donors (Lipinski definition) is 0. The molecule has 0 radical (unpaired) electrons. The molecule has 2 heterocycles. The number of ether oxygens (including phenoxy) is 2. The van der Waals surface area contributed by atoms with Gasteiger partial charge in [0.25, 0.3) is 11.5 Å². The summed E-state index contributed by atoms with van der Waals surface area (Å²) >= 11 is 0. The molecule has 0 aliphatic carbocycles. The largest absolute Gasteiger partial charge is 0.494 e. The van der Waals surface area contributed by atoms with E-state index in [9.17, 15) is 9.59 Å². The lowest BCUT2D eigenvalue weighted by atomic mass is 10.0. The predicted molar refractivity (Wildman–Crippen MR) is 121 cm³/mol. The Bertz CT molecular complexity index is 1100. The van der Waals surface area contributed by atoms with Crippen molar-refractivity contribution in [2.45, 2.75) is 32.4 Å². The van der Waals surface area contributed by atoms with Crippen molar-refractivity contribution in [3.05, 3.63) is 88.3 Å². The molecule has 1 fully saturated rings. The van der Waals surface area contributed by atoms with Gasteiger partial charge in [-0.2, -0.15) is 5.10 Å². The van der Waals surface area contributed by atoms with E-state index < -0.39 is 0 Å². The standard InChI is InChI=1S/C25H27N3O4/c1-2-31-21-12-10-19(11-13-21)23-9-6-16-27(23)25(30)22-14-15-24(29)28(26-22)17-18-32-20-7-4-3-5-8-20/h3-5,7-8,10-15,23H,2,6,9,16-18H2,1H3. The number of aromatic nitrogens is 2. The second-order valence-corrected chi connectivity index (χ2v) is 7.60. The number of benzene rings is 2. The molecule has 1 saturated heterocycles. The van der Waals surface area contributed by atoms with E-state index >= 15 is 0 Å². The van der Waals surface area contributed by atoms with Crippen LogP contribution in [0.25, 0.3) is 0 Å². The first-order valence-corrected chi connectivity index (χ1v) is 11.0. The SMILES string of the molecule is CCOc1ccc(C2CCCN2C(=O)c2ccc(=O)n(CCOc3ccccc3)n2)cc1. The van der Waals surface area contributed by atoms with Crippen molar-refractivity contribution in [1.82, 2.24) is 14.7 Å². The average Bonchev–Trinajstić information content (AvgIpc) is 3.31. The summed E-state index contributed by atoms with van der Waals surface area (Å²) < 4.78 is 12.5. The number of rotatable bonds is 8. The fourth-order valence-corrected chi connectivity index (χ4v) is 3.95. The second kappa shape index (κ2) is 10.1. The quantitative estimate of drug-likeness (QED) is 0.542. The Kier molecular flexibility index (Phi) is 6.84. The van der Waals surface area contributed by atoms with E-state index in [-0.39, 0.29) is 36.4 Å². The zero-order valence-corrected chi connectivity index (χ0v) is 18.1. The van der Waals surface area contributed by atoms with Gasteiger partial charge < -0.3 is 14.4 Å². The van der Waals surface area contributed by atoms with Crippen LogP contribution in [-0.4, -0.2) is 40.3 Å². The van der Waals surface area contributed by atoms with E-state index in [2.05, 4.69) is 5.10 Å². The van der Waals surface area contributed by atoms with Crippen molar-refractivity contribution in [3.8, 4) is 11.5 Å². The molecular weight excluding hydrogens is 406 g/mol. The molecule has 0 spiro atoms. The third-order valence-electron chi connectivity index (χ3n) is 5.49. The summed E-state index contributed by atoms with van der Waals surface area (Å²) in [4.78, 5) is 27.3. The molecule has 1 atom stereocenters. The Balaban J connectivity index is 1.46. The summed E-state index contributed by atoms with van der Waals surface area (Å²) in [6.45, 7) is 3.77. The van der Waals surface area contributed by atoms with E-state index in [1.807, 2.05) is 66.4 Å². The van der Waals surface area contributed by atoms with Gasteiger partial charge in [0.05, 0.1) is 19.2 Å². The molecule has 166 valence electrons. The smallest absolute Gasteiger partial charge is 0.274 e. The number of nitrogens with zero attached hydrogens (tertiary/aromatic N) is 3. The topological polar surface area (TPSA) is 73.7 Å². The van der Waals surface area contributed by atoms with Gasteiger partial charge in [0.15, 0.2) is 0 Å². The van der Waals surface area contributed by atoms with Gasteiger partial charge in [-0.3, -0.25) is 9.59 Å². The molecule has 32 heavy (non-hydrogen) atoms. The minimum atomic E-state index is -0.261. The van der Waals surface area contributed by atoms with Crippen LogP contribution in [0.2, 0.25) is 0 Å². The molecule has 0 bridgehead atoms. The number of carbonyl (C=O) groups is 1. The molecule has 4 rings (SSSR count). The number of amides is 1. The highest BCUT2D eigenvalue weighted by Gasteiger charge is 2.31. The lowest BCUT2D eigenvalue weighted by Gasteiger charge is -2.25. The van der Waals surface area contributed by atoms with Crippen LogP contribution >= 0.6 is 0 Å². The fourth-order valence-electron chi connectivity index (χ4n) is 3.95. The number of hydrogen-bond acceptors (Lipinski definition) is 5. The van der Waals surface area contributed by atoms with Gasteiger partial charge in [-0.05, 0) is 55.7 Å². The summed E-state index contributed by atoms with van der Waals surface area (Å²) in [5, 5.41) is 4.33. The van der Waals surface area contributed by atoms with E-state index in [0.29, 0.717) is 13.2 Å². The Hall–Kier alpha value is -3.61. The lowest BCUT2D eigenvalue weighted by Crippen LogP contribution is -2.34. The summed E-state index contributed by atoms with van der Waals surface area (Å²) in [5.74, 6) is 1.38. The molecule has 1 unspecified atom stereocenters. The monoisotopic (exact) mass is 433 g/mol. The lowest BCUT2D eigenvalue weighted by molar-refractivity contribution is 0.0726.